The van der Waals surface area contributed by atoms with Crippen LogP contribution in [0.15, 0.2) is 12.2 Å². The van der Waals surface area contributed by atoms with E-state index in [1.165, 1.54) is 0 Å². The summed E-state index contributed by atoms with van der Waals surface area (Å²) in [5.41, 5.74) is 0. The molecular formula is C9H17NO. The fraction of sp³-hybridized carbons (Fsp3) is 0.667. The highest BCUT2D eigenvalue weighted by atomic mass is 16.2. The predicted molar refractivity (Wildman–Crippen MR) is 47.4 cm³/mol. The van der Waals surface area contributed by atoms with E-state index < -0.39 is 0 Å². The minimum atomic E-state index is 0.122. The van der Waals surface area contributed by atoms with Gasteiger partial charge in [0.1, 0.15) is 0 Å². The van der Waals surface area contributed by atoms with Crippen molar-refractivity contribution in [2.24, 2.45) is 0 Å². The molecule has 0 bridgehead atoms. The number of allylic oxidation sites excluding steroid dienone is 1. The van der Waals surface area contributed by atoms with Crippen LogP contribution in [-0.2, 0) is 4.79 Å². The summed E-state index contributed by atoms with van der Waals surface area (Å²) < 4.78 is 0. The lowest BCUT2D eigenvalue weighted by Crippen LogP contribution is -2.29. The van der Waals surface area contributed by atoms with Crippen molar-refractivity contribution in [3.05, 3.63) is 12.2 Å². The van der Waals surface area contributed by atoms with Gasteiger partial charge in [0.15, 0.2) is 0 Å². The van der Waals surface area contributed by atoms with Crippen molar-refractivity contribution in [2.75, 3.05) is 13.1 Å². The van der Waals surface area contributed by atoms with Crippen molar-refractivity contribution in [3.63, 3.8) is 0 Å². The quantitative estimate of drug-likeness (QED) is 0.567. The van der Waals surface area contributed by atoms with Gasteiger partial charge in [-0.3, -0.25) is 4.79 Å². The molecule has 0 aromatic carbocycles. The number of carbonyl (C=O) groups is 1. The van der Waals surface area contributed by atoms with Gasteiger partial charge in [0.2, 0.25) is 5.91 Å². The van der Waals surface area contributed by atoms with E-state index in [1.807, 2.05) is 18.7 Å². The normalized spacial score (nSPS) is 10.5. The molecule has 0 aromatic heterocycles. The molecule has 2 nitrogen and oxygen atoms in total. The molecule has 0 fully saturated rings. The minimum Gasteiger partial charge on any atom is -0.339 e. The van der Waals surface area contributed by atoms with E-state index in [0.29, 0.717) is 0 Å². The second-order valence-electron chi connectivity index (χ2n) is 2.42. The molecular weight excluding hydrogens is 138 g/mol. The topological polar surface area (TPSA) is 20.3 Å². The van der Waals surface area contributed by atoms with Crippen LogP contribution in [-0.4, -0.2) is 23.9 Å². The van der Waals surface area contributed by atoms with Crippen LogP contribution in [0.1, 0.15) is 27.2 Å². The number of nitrogens with zero attached hydrogens (tertiary/aromatic N) is 1. The number of hydrogen-bond donors (Lipinski definition) is 0. The van der Waals surface area contributed by atoms with E-state index >= 15 is 0 Å². The maximum atomic E-state index is 11.2. The van der Waals surface area contributed by atoms with Crippen LogP contribution in [0, 0.1) is 0 Å². The molecule has 0 unspecified atom stereocenters. The Balaban J connectivity index is 3.91. The summed E-state index contributed by atoms with van der Waals surface area (Å²) in [4.78, 5) is 13.0. The molecule has 0 radical (unpaired) electrons. The maximum Gasteiger partial charge on any atom is 0.246 e. The molecule has 0 aromatic rings. The Kier molecular flexibility index (Phi) is 5.53. The van der Waals surface area contributed by atoms with Gasteiger partial charge in [0, 0.05) is 13.1 Å². The van der Waals surface area contributed by atoms with Crippen LogP contribution in [0.25, 0.3) is 0 Å². The van der Waals surface area contributed by atoms with Crippen molar-refractivity contribution in [3.8, 4) is 0 Å². The second kappa shape index (κ2) is 5.96. The fourth-order valence-electron chi connectivity index (χ4n) is 0.942. The molecule has 0 heterocycles. The Morgan fingerprint density at radius 1 is 1.45 bits per heavy atom. The highest BCUT2D eigenvalue weighted by Crippen LogP contribution is 1.92. The largest absolute Gasteiger partial charge is 0.339 e. The molecule has 0 N–H and O–H groups in total. The summed E-state index contributed by atoms with van der Waals surface area (Å²) >= 11 is 0. The Hall–Kier alpha value is -0.790. The highest BCUT2D eigenvalue weighted by Gasteiger charge is 2.04. The maximum absolute atomic E-state index is 11.2. The molecule has 0 aliphatic carbocycles. The lowest BCUT2D eigenvalue weighted by Gasteiger charge is -2.17. The molecule has 0 aliphatic rings. The van der Waals surface area contributed by atoms with E-state index in [4.69, 9.17) is 0 Å². The highest BCUT2D eigenvalue weighted by molar-refractivity contribution is 5.87. The third kappa shape index (κ3) is 3.81. The van der Waals surface area contributed by atoms with Crippen molar-refractivity contribution < 1.29 is 4.79 Å². The smallest absolute Gasteiger partial charge is 0.246 e. The molecule has 1 amide bonds. The van der Waals surface area contributed by atoms with E-state index in [9.17, 15) is 4.79 Å². The number of rotatable bonds is 4. The average molecular weight is 155 g/mol. The predicted octanol–water partition coefficient (Wildman–Crippen LogP) is 1.82. The summed E-state index contributed by atoms with van der Waals surface area (Å²) in [6.45, 7) is 7.59. The molecule has 11 heavy (non-hydrogen) atoms. The van der Waals surface area contributed by atoms with Gasteiger partial charge in [-0.05, 0) is 26.3 Å². The van der Waals surface area contributed by atoms with Crippen LogP contribution >= 0.6 is 0 Å². The van der Waals surface area contributed by atoms with Crippen LogP contribution < -0.4 is 0 Å². The first-order chi connectivity index (χ1) is 5.26. The number of hydrogen-bond acceptors (Lipinski definition) is 1. The average Bonchev–Trinajstić information content (AvgIpc) is 2.00. The third-order valence-electron chi connectivity index (χ3n) is 1.50. The first kappa shape index (κ1) is 10.2. The van der Waals surface area contributed by atoms with Crippen LogP contribution in [0.4, 0.5) is 0 Å². The van der Waals surface area contributed by atoms with Crippen LogP contribution in [0.5, 0.6) is 0 Å². The molecule has 0 atom stereocenters. The molecule has 0 saturated carbocycles. The Morgan fingerprint density at radius 2 is 2.09 bits per heavy atom. The number of likely N-dealkylation sites (N-methyl/N-ethyl adjacent to an activating group) is 1. The zero-order valence-corrected chi connectivity index (χ0v) is 7.63. The monoisotopic (exact) mass is 155 g/mol. The van der Waals surface area contributed by atoms with Crippen LogP contribution in [0.3, 0.4) is 0 Å². The Bertz CT molecular complexity index is 140. The first-order valence-electron chi connectivity index (χ1n) is 4.17. The van der Waals surface area contributed by atoms with Gasteiger partial charge in [-0.2, -0.15) is 0 Å². The zero-order chi connectivity index (χ0) is 8.69. The standard InChI is InChI=1S/C9H17NO/c1-4-7-9(11)10(6-3)8-5-2/h4,7H,5-6,8H2,1-3H3. The lowest BCUT2D eigenvalue weighted by molar-refractivity contribution is -0.125. The second-order valence-corrected chi connectivity index (χ2v) is 2.42. The van der Waals surface area contributed by atoms with Gasteiger partial charge in [-0.15, -0.1) is 0 Å². The van der Waals surface area contributed by atoms with E-state index in [2.05, 4.69) is 6.92 Å². The summed E-state index contributed by atoms with van der Waals surface area (Å²) in [5, 5.41) is 0. The Morgan fingerprint density at radius 3 is 2.45 bits per heavy atom. The van der Waals surface area contributed by atoms with Crippen molar-refractivity contribution in [1.82, 2.24) is 4.90 Å². The third-order valence-corrected chi connectivity index (χ3v) is 1.50. The molecule has 0 aliphatic heterocycles. The molecule has 0 rings (SSSR count). The summed E-state index contributed by atoms with van der Waals surface area (Å²) in [7, 11) is 0. The van der Waals surface area contributed by atoms with Gasteiger partial charge >= 0.3 is 0 Å². The summed E-state index contributed by atoms with van der Waals surface area (Å²) in [5.74, 6) is 0.122. The zero-order valence-electron chi connectivity index (χ0n) is 7.63. The number of carbonyl (C=O) groups excluding carboxylic acids is 1. The van der Waals surface area contributed by atoms with E-state index in [0.717, 1.165) is 19.5 Å². The molecule has 2 heteroatoms. The van der Waals surface area contributed by atoms with Gasteiger partial charge in [-0.1, -0.05) is 13.0 Å². The lowest BCUT2D eigenvalue weighted by atomic mass is 10.3. The van der Waals surface area contributed by atoms with Gasteiger partial charge in [0.05, 0.1) is 0 Å². The van der Waals surface area contributed by atoms with Crippen LogP contribution in [0.2, 0.25) is 0 Å². The van der Waals surface area contributed by atoms with Crippen molar-refractivity contribution >= 4 is 5.91 Å². The van der Waals surface area contributed by atoms with Crippen molar-refractivity contribution in [1.29, 1.82) is 0 Å². The van der Waals surface area contributed by atoms with E-state index in [-0.39, 0.29) is 5.91 Å². The fourth-order valence-corrected chi connectivity index (χ4v) is 0.942. The SMILES string of the molecule is CC=CC(=O)N(CC)CCC. The summed E-state index contributed by atoms with van der Waals surface area (Å²) in [6.07, 6.45) is 4.41. The minimum absolute atomic E-state index is 0.122. The van der Waals surface area contributed by atoms with Crippen molar-refractivity contribution in [2.45, 2.75) is 27.2 Å². The summed E-state index contributed by atoms with van der Waals surface area (Å²) in [6, 6.07) is 0. The molecule has 0 spiro atoms. The van der Waals surface area contributed by atoms with Gasteiger partial charge in [0.25, 0.3) is 0 Å². The van der Waals surface area contributed by atoms with Gasteiger partial charge < -0.3 is 4.90 Å². The molecule has 0 saturated heterocycles. The first-order valence-corrected chi connectivity index (χ1v) is 4.17. The van der Waals surface area contributed by atoms with Gasteiger partial charge in [-0.25, -0.2) is 0 Å². The number of amides is 1. The Labute approximate surface area is 68.9 Å². The molecule has 64 valence electrons. The van der Waals surface area contributed by atoms with E-state index in [1.54, 1.807) is 12.2 Å².